The first-order valence-corrected chi connectivity index (χ1v) is 6.69. The van der Waals surface area contributed by atoms with Gasteiger partial charge in [-0.3, -0.25) is 0 Å². The van der Waals surface area contributed by atoms with Crippen molar-refractivity contribution in [3.8, 4) is 0 Å². The summed E-state index contributed by atoms with van der Waals surface area (Å²) in [5.41, 5.74) is 8.40. The van der Waals surface area contributed by atoms with Crippen molar-refractivity contribution in [2.75, 3.05) is 0 Å². The van der Waals surface area contributed by atoms with Gasteiger partial charge in [0.2, 0.25) is 0 Å². The maximum Gasteiger partial charge on any atom is 0.126 e. The van der Waals surface area contributed by atoms with Crippen molar-refractivity contribution in [2.45, 2.75) is 19.4 Å². The van der Waals surface area contributed by atoms with Crippen molar-refractivity contribution in [2.24, 2.45) is 5.73 Å². The molecule has 0 amide bonds. The summed E-state index contributed by atoms with van der Waals surface area (Å²) in [5, 5.41) is 1.14. The van der Waals surface area contributed by atoms with Crippen LogP contribution in [-0.2, 0) is 6.42 Å². The second-order valence-electron chi connectivity index (χ2n) is 4.52. The first-order valence-electron chi connectivity index (χ1n) is 5.93. The first-order chi connectivity index (χ1) is 8.99. The molecule has 0 heterocycles. The van der Waals surface area contributed by atoms with Gasteiger partial charge in [-0.05, 0) is 48.2 Å². The summed E-state index contributed by atoms with van der Waals surface area (Å²) < 4.78 is 13.7. The van der Waals surface area contributed by atoms with Gasteiger partial charge in [0.15, 0.2) is 0 Å². The lowest BCUT2D eigenvalue weighted by Crippen LogP contribution is -2.15. The van der Waals surface area contributed by atoms with E-state index in [0.29, 0.717) is 22.0 Å². The van der Waals surface area contributed by atoms with Gasteiger partial charge in [-0.1, -0.05) is 41.4 Å². The molecule has 0 fully saturated rings. The molecule has 19 heavy (non-hydrogen) atoms. The van der Waals surface area contributed by atoms with Crippen molar-refractivity contribution in [1.29, 1.82) is 0 Å². The van der Waals surface area contributed by atoms with E-state index < -0.39 is 0 Å². The second kappa shape index (κ2) is 5.91. The largest absolute Gasteiger partial charge is 0.324 e. The zero-order valence-electron chi connectivity index (χ0n) is 10.5. The number of halogens is 3. The van der Waals surface area contributed by atoms with Crippen molar-refractivity contribution in [3.63, 3.8) is 0 Å². The van der Waals surface area contributed by atoms with Gasteiger partial charge in [0.05, 0.1) is 0 Å². The van der Waals surface area contributed by atoms with Crippen molar-refractivity contribution in [1.82, 2.24) is 0 Å². The minimum atomic E-state index is -0.361. The Labute approximate surface area is 122 Å². The third kappa shape index (κ3) is 3.27. The summed E-state index contributed by atoms with van der Waals surface area (Å²) in [6.45, 7) is 1.92. The Morgan fingerprint density at radius 3 is 2.68 bits per heavy atom. The fourth-order valence-electron chi connectivity index (χ4n) is 2.00. The van der Waals surface area contributed by atoms with Gasteiger partial charge in [-0.2, -0.15) is 0 Å². The van der Waals surface area contributed by atoms with E-state index in [1.165, 1.54) is 12.1 Å². The molecule has 4 heteroatoms. The maximum atomic E-state index is 13.7. The van der Waals surface area contributed by atoms with E-state index in [0.717, 1.165) is 11.1 Å². The van der Waals surface area contributed by atoms with Crippen LogP contribution >= 0.6 is 23.2 Å². The van der Waals surface area contributed by atoms with E-state index in [-0.39, 0.29) is 11.9 Å². The maximum absolute atomic E-state index is 13.7. The minimum Gasteiger partial charge on any atom is -0.324 e. The summed E-state index contributed by atoms with van der Waals surface area (Å²) in [4.78, 5) is 0. The van der Waals surface area contributed by atoms with Crippen molar-refractivity contribution < 1.29 is 4.39 Å². The van der Waals surface area contributed by atoms with Crippen LogP contribution in [0, 0.1) is 12.7 Å². The Morgan fingerprint density at radius 2 is 1.95 bits per heavy atom. The van der Waals surface area contributed by atoms with Crippen LogP contribution in [0.5, 0.6) is 0 Å². The molecule has 0 bridgehead atoms. The lowest BCUT2D eigenvalue weighted by molar-refractivity contribution is 0.593. The molecule has 2 aromatic carbocycles. The van der Waals surface area contributed by atoms with Crippen LogP contribution in [0.3, 0.4) is 0 Å². The summed E-state index contributed by atoms with van der Waals surface area (Å²) in [6.07, 6.45) is 0.357. The Morgan fingerprint density at radius 1 is 1.21 bits per heavy atom. The van der Waals surface area contributed by atoms with Crippen LogP contribution in [0.4, 0.5) is 4.39 Å². The molecule has 100 valence electrons. The third-order valence-corrected chi connectivity index (χ3v) is 3.82. The molecule has 2 rings (SSSR count). The number of benzene rings is 2. The number of aryl methyl sites for hydroxylation is 1. The summed E-state index contributed by atoms with van der Waals surface area (Å²) in [6, 6.07) is 9.78. The Kier molecular flexibility index (Phi) is 4.46. The SMILES string of the molecule is Cc1cccc(C(N)Cc2cc(Cl)ccc2F)c1Cl. The fourth-order valence-corrected chi connectivity index (χ4v) is 2.46. The van der Waals surface area contributed by atoms with Gasteiger partial charge in [-0.15, -0.1) is 0 Å². The van der Waals surface area contributed by atoms with Crippen LogP contribution in [0.2, 0.25) is 10.0 Å². The molecule has 0 spiro atoms. The molecule has 1 unspecified atom stereocenters. The van der Waals surface area contributed by atoms with Crippen molar-refractivity contribution in [3.05, 3.63) is 69.0 Å². The second-order valence-corrected chi connectivity index (χ2v) is 5.34. The average Bonchev–Trinajstić information content (AvgIpc) is 2.37. The summed E-state index contributed by atoms with van der Waals surface area (Å²) in [7, 11) is 0. The molecule has 0 aliphatic rings. The summed E-state index contributed by atoms with van der Waals surface area (Å²) in [5.74, 6) is -0.302. The zero-order chi connectivity index (χ0) is 14.0. The van der Waals surface area contributed by atoms with Crippen LogP contribution in [0.1, 0.15) is 22.7 Å². The van der Waals surface area contributed by atoms with Gasteiger partial charge in [0.25, 0.3) is 0 Å². The van der Waals surface area contributed by atoms with Gasteiger partial charge in [0, 0.05) is 16.1 Å². The van der Waals surface area contributed by atoms with Crippen LogP contribution in [-0.4, -0.2) is 0 Å². The third-order valence-electron chi connectivity index (χ3n) is 3.07. The van der Waals surface area contributed by atoms with Crippen molar-refractivity contribution >= 4 is 23.2 Å². The normalized spacial score (nSPS) is 12.5. The minimum absolute atomic E-state index is 0.302. The van der Waals surface area contributed by atoms with Crippen LogP contribution < -0.4 is 5.73 Å². The molecule has 0 aliphatic carbocycles. The predicted molar refractivity (Wildman–Crippen MR) is 78.2 cm³/mol. The Hall–Kier alpha value is -1.09. The first kappa shape index (κ1) is 14.3. The van der Waals surface area contributed by atoms with Gasteiger partial charge < -0.3 is 5.73 Å². The molecule has 1 nitrogen and oxygen atoms in total. The Bertz CT molecular complexity index is 599. The highest BCUT2D eigenvalue weighted by molar-refractivity contribution is 6.32. The molecule has 1 atom stereocenters. The predicted octanol–water partition coefficient (Wildman–Crippen LogP) is 4.68. The van der Waals surface area contributed by atoms with E-state index >= 15 is 0 Å². The number of nitrogens with two attached hydrogens (primary N) is 1. The Balaban J connectivity index is 2.28. The molecule has 2 N–H and O–H groups in total. The van der Waals surface area contributed by atoms with Gasteiger partial charge >= 0.3 is 0 Å². The van der Waals surface area contributed by atoms with Gasteiger partial charge in [-0.25, -0.2) is 4.39 Å². The lowest BCUT2D eigenvalue weighted by atomic mass is 9.98. The number of hydrogen-bond donors (Lipinski definition) is 1. The van der Waals surface area contributed by atoms with E-state index in [9.17, 15) is 4.39 Å². The fraction of sp³-hybridized carbons (Fsp3) is 0.200. The number of hydrogen-bond acceptors (Lipinski definition) is 1. The molecule has 0 radical (unpaired) electrons. The van der Waals surface area contributed by atoms with Crippen LogP contribution in [0.15, 0.2) is 36.4 Å². The smallest absolute Gasteiger partial charge is 0.126 e. The number of rotatable bonds is 3. The van der Waals surface area contributed by atoms with E-state index in [1.807, 2.05) is 25.1 Å². The van der Waals surface area contributed by atoms with E-state index in [2.05, 4.69) is 0 Å². The molecule has 0 saturated heterocycles. The summed E-state index contributed by atoms with van der Waals surface area (Å²) >= 11 is 12.1. The molecule has 0 saturated carbocycles. The van der Waals surface area contributed by atoms with Gasteiger partial charge in [0.1, 0.15) is 5.82 Å². The lowest BCUT2D eigenvalue weighted by Gasteiger charge is -2.15. The highest BCUT2D eigenvalue weighted by Crippen LogP contribution is 2.28. The molecular weight excluding hydrogens is 284 g/mol. The quantitative estimate of drug-likeness (QED) is 0.874. The zero-order valence-corrected chi connectivity index (χ0v) is 12.0. The highest BCUT2D eigenvalue weighted by atomic mass is 35.5. The standard InChI is InChI=1S/C15H14Cl2FN/c1-9-3-2-4-12(15(9)17)14(19)8-10-7-11(16)5-6-13(10)18/h2-7,14H,8,19H2,1H3. The molecule has 2 aromatic rings. The molecule has 0 aliphatic heterocycles. The molecule has 0 aromatic heterocycles. The average molecular weight is 298 g/mol. The van der Waals surface area contributed by atoms with Crippen LogP contribution in [0.25, 0.3) is 0 Å². The molecular formula is C15H14Cl2FN. The monoisotopic (exact) mass is 297 g/mol. The van der Waals surface area contributed by atoms with E-state index in [4.69, 9.17) is 28.9 Å². The highest BCUT2D eigenvalue weighted by Gasteiger charge is 2.14. The van der Waals surface area contributed by atoms with E-state index in [1.54, 1.807) is 6.07 Å². The topological polar surface area (TPSA) is 26.0 Å².